The topological polar surface area (TPSA) is 6.48 Å². The van der Waals surface area contributed by atoms with Crippen molar-refractivity contribution in [1.82, 2.24) is 0 Å². The van der Waals surface area contributed by atoms with Crippen LogP contribution in [0.5, 0.6) is 0 Å². The van der Waals surface area contributed by atoms with Gasteiger partial charge in [-0.25, -0.2) is 0 Å². The maximum Gasteiger partial charge on any atom is 0.0639 e. The lowest BCUT2D eigenvalue weighted by atomic mass is 10.1. The third-order valence-electron chi connectivity index (χ3n) is 3.34. The van der Waals surface area contributed by atoms with Crippen LogP contribution in [0.4, 0.5) is 11.4 Å². The lowest BCUT2D eigenvalue weighted by molar-refractivity contribution is 0.909. The van der Waals surface area contributed by atoms with Crippen molar-refractivity contribution >= 4 is 21.6 Å². The van der Waals surface area contributed by atoms with Gasteiger partial charge in [-0.15, -0.1) is 26.3 Å². The second-order valence-corrected chi connectivity index (χ2v) is 5.28. The monoisotopic (exact) mass is 309 g/mol. The fraction of sp³-hybridized carbons (Fsp3) is 0.263. The largest absolute Gasteiger partial charge is 0.362 e. The molecular formula is C19H25N2Si. The molecule has 0 bridgehead atoms. The van der Waals surface area contributed by atoms with Crippen LogP contribution in [0, 0.1) is 0 Å². The Hall–Kier alpha value is -2.00. The summed E-state index contributed by atoms with van der Waals surface area (Å²) in [6.45, 7) is 18.6. The van der Waals surface area contributed by atoms with Gasteiger partial charge in [0.2, 0.25) is 0 Å². The molecule has 3 heteroatoms. The number of nitrogens with zero attached hydrogens (tertiary/aromatic N) is 2. The SMILES string of the molecule is C=CCN(CC=C)c1cccc(C[Si])c1N(CC=C)CC=C. The van der Waals surface area contributed by atoms with Crippen molar-refractivity contribution in [1.29, 1.82) is 0 Å². The van der Waals surface area contributed by atoms with Crippen LogP contribution in [0.25, 0.3) is 0 Å². The summed E-state index contributed by atoms with van der Waals surface area (Å²) in [7, 11) is 3.66. The third-order valence-corrected chi connectivity index (χ3v) is 3.72. The minimum atomic E-state index is 0.776. The van der Waals surface area contributed by atoms with Gasteiger partial charge in [-0.3, -0.25) is 0 Å². The Morgan fingerprint density at radius 2 is 1.32 bits per heavy atom. The van der Waals surface area contributed by atoms with Crippen molar-refractivity contribution < 1.29 is 0 Å². The molecule has 1 aromatic rings. The van der Waals surface area contributed by atoms with Crippen LogP contribution in [0.3, 0.4) is 0 Å². The highest BCUT2D eigenvalue weighted by Crippen LogP contribution is 2.33. The Labute approximate surface area is 138 Å². The Kier molecular flexibility index (Phi) is 8.08. The number of para-hydroxylation sites is 1. The molecule has 1 aromatic carbocycles. The van der Waals surface area contributed by atoms with Gasteiger partial charge in [0, 0.05) is 36.4 Å². The van der Waals surface area contributed by atoms with E-state index in [-0.39, 0.29) is 0 Å². The van der Waals surface area contributed by atoms with Crippen molar-refractivity contribution in [2.75, 3.05) is 36.0 Å². The quantitative estimate of drug-likeness (QED) is 0.454. The molecule has 0 N–H and O–H groups in total. The molecule has 0 saturated heterocycles. The fourth-order valence-corrected chi connectivity index (χ4v) is 2.78. The average molecular weight is 310 g/mol. The van der Waals surface area contributed by atoms with Crippen LogP contribution in [0.2, 0.25) is 0 Å². The summed E-state index contributed by atoms with van der Waals surface area (Å²) in [5.74, 6) is 0. The van der Waals surface area contributed by atoms with E-state index in [2.05, 4.69) is 64.6 Å². The average Bonchev–Trinajstić information content (AvgIpc) is 2.53. The van der Waals surface area contributed by atoms with Crippen LogP contribution in [0.1, 0.15) is 5.56 Å². The van der Waals surface area contributed by atoms with Crippen molar-refractivity contribution in [3.05, 3.63) is 74.4 Å². The fourth-order valence-electron chi connectivity index (χ4n) is 2.49. The second-order valence-electron chi connectivity index (χ2n) is 4.93. The summed E-state index contributed by atoms with van der Waals surface area (Å²) in [4.78, 5) is 4.55. The molecule has 0 atom stereocenters. The van der Waals surface area contributed by atoms with Crippen LogP contribution in [-0.2, 0) is 6.04 Å². The van der Waals surface area contributed by atoms with Gasteiger partial charge >= 0.3 is 0 Å². The zero-order valence-electron chi connectivity index (χ0n) is 13.3. The van der Waals surface area contributed by atoms with E-state index in [4.69, 9.17) is 0 Å². The Morgan fingerprint density at radius 1 is 0.818 bits per heavy atom. The first kappa shape index (κ1) is 18.0. The molecule has 0 aliphatic heterocycles. The second kappa shape index (κ2) is 9.85. The van der Waals surface area contributed by atoms with Gasteiger partial charge in [-0.2, -0.15) is 0 Å². The first-order valence-corrected chi connectivity index (χ1v) is 8.14. The van der Waals surface area contributed by atoms with Gasteiger partial charge < -0.3 is 9.80 Å². The number of hydrogen-bond donors (Lipinski definition) is 0. The van der Waals surface area contributed by atoms with Gasteiger partial charge in [0.05, 0.1) is 11.4 Å². The lowest BCUT2D eigenvalue weighted by Crippen LogP contribution is -2.30. The van der Waals surface area contributed by atoms with Crippen molar-refractivity contribution in [3.8, 4) is 0 Å². The van der Waals surface area contributed by atoms with Crippen LogP contribution in [-0.4, -0.2) is 36.4 Å². The highest BCUT2D eigenvalue weighted by Gasteiger charge is 2.17. The van der Waals surface area contributed by atoms with Crippen molar-refractivity contribution in [2.24, 2.45) is 0 Å². The zero-order valence-corrected chi connectivity index (χ0v) is 14.3. The van der Waals surface area contributed by atoms with E-state index in [0.29, 0.717) is 0 Å². The Balaban J connectivity index is 3.41. The smallest absolute Gasteiger partial charge is 0.0639 e. The van der Waals surface area contributed by atoms with Gasteiger partial charge in [0.25, 0.3) is 0 Å². The summed E-state index contributed by atoms with van der Waals surface area (Å²) in [5, 5.41) is 0. The molecule has 115 valence electrons. The molecule has 0 amide bonds. The Bertz CT molecular complexity index is 502. The summed E-state index contributed by atoms with van der Waals surface area (Å²) >= 11 is 0. The molecular weight excluding hydrogens is 284 g/mol. The predicted octanol–water partition coefficient (Wildman–Crippen LogP) is 3.71. The molecule has 0 fully saturated rings. The van der Waals surface area contributed by atoms with Gasteiger partial charge in [0.15, 0.2) is 0 Å². The number of hydrogen-bond acceptors (Lipinski definition) is 2. The molecule has 3 radical (unpaired) electrons. The van der Waals surface area contributed by atoms with E-state index >= 15 is 0 Å². The van der Waals surface area contributed by atoms with Crippen LogP contribution < -0.4 is 9.80 Å². The first-order valence-electron chi connectivity index (χ1n) is 7.43. The van der Waals surface area contributed by atoms with Crippen molar-refractivity contribution in [3.63, 3.8) is 0 Å². The summed E-state index contributed by atoms with van der Waals surface area (Å²) in [6, 6.07) is 7.18. The molecule has 0 saturated carbocycles. The predicted molar refractivity (Wildman–Crippen MR) is 101 cm³/mol. The molecule has 2 nitrogen and oxygen atoms in total. The summed E-state index contributed by atoms with van der Waals surface area (Å²) < 4.78 is 0. The summed E-state index contributed by atoms with van der Waals surface area (Å²) in [5.41, 5.74) is 3.64. The molecule has 0 aromatic heterocycles. The van der Waals surface area contributed by atoms with Gasteiger partial charge in [-0.1, -0.05) is 36.4 Å². The lowest BCUT2D eigenvalue weighted by Gasteiger charge is -2.32. The minimum Gasteiger partial charge on any atom is -0.362 e. The van der Waals surface area contributed by atoms with E-state index in [1.807, 2.05) is 24.3 Å². The van der Waals surface area contributed by atoms with E-state index in [9.17, 15) is 0 Å². The molecule has 1 rings (SSSR count). The van der Waals surface area contributed by atoms with Crippen LogP contribution >= 0.6 is 0 Å². The van der Waals surface area contributed by atoms with Gasteiger partial charge in [0.1, 0.15) is 0 Å². The number of benzene rings is 1. The first-order chi connectivity index (χ1) is 10.7. The van der Waals surface area contributed by atoms with E-state index < -0.39 is 0 Å². The third kappa shape index (κ3) is 4.50. The molecule has 0 aliphatic carbocycles. The van der Waals surface area contributed by atoms with E-state index in [1.165, 1.54) is 16.9 Å². The van der Waals surface area contributed by atoms with E-state index in [0.717, 1.165) is 32.2 Å². The molecule has 0 aliphatic rings. The number of rotatable bonds is 11. The molecule has 0 spiro atoms. The molecule has 0 unspecified atom stereocenters. The maximum absolute atomic E-state index is 3.88. The Morgan fingerprint density at radius 3 is 1.77 bits per heavy atom. The maximum atomic E-state index is 3.88. The minimum absolute atomic E-state index is 0.776. The highest BCUT2D eigenvalue weighted by atomic mass is 28.1. The molecule has 0 heterocycles. The van der Waals surface area contributed by atoms with Crippen LogP contribution in [0.15, 0.2) is 68.8 Å². The summed E-state index contributed by atoms with van der Waals surface area (Å²) in [6.07, 6.45) is 7.67. The highest BCUT2D eigenvalue weighted by molar-refractivity contribution is 6.09. The normalized spacial score (nSPS) is 9.86. The zero-order chi connectivity index (χ0) is 16.4. The van der Waals surface area contributed by atoms with Gasteiger partial charge in [-0.05, 0) is 17.7 Å². The molecule has 22 heavy (non-hydrogen) atoms. The number of anilines is 2. The standard InChI is InChI=1S/C19H25N2Si/c1-5-12-20(13-6-2)18-11-9-10-17(16-22)19(18)21(14-7-3)15-8-4/h5-11H,1-4,12-16H2. The van der Waals surface area contributed by atoms with E-state index in [1.54, 1.807) is 0 Å². The van der Waals surface area contributed by atoms with Crippen molar-refractivity contribution in [2.45, 2.75) is 6.04 Å².